The number of amides is 1. The molecule has 3 aromatic rings. The summed E-state index contributed by atoms with van der Waals surface area (Å²) in [5.41, 5.74) is 2.09. The van der Waals surface area contributed by atoms with Gasteiger partial charge in [-0.2, -0.15) is 0 Å². The van der Waals surface area contributed by atoms with Crippen molar-refractivity contribution in [2.24, 2.45) is 0 Å². The second-order valence-corrected chi connectivity index (χ2v) is 8.91. The highest BCUT2D eigenvalue weighted by molar-refractivity contribution is 5.89. The smallest absolute Gasteiger partial charge is 0.328 e. The molecule has 1 aliphatic carbocycles. The standard InChI is InChI=1S/C30H27F2NO4/c1-37-30(36)27(33-29(35)17-24-15-22-4-2-3-5-23(22)16-28(24)34)14-19-6-8-20(9-7-19)21-10-12-25(31)18-26(32)13-11-21/h2-10,12-13,15-16,18,21,27,34H,11,14,17H2,1H3,(H,33,35)/b12-10?,25-18+,26-13?/t21?,27-/m0/s1. The number of esters is 1. The van der Waals surface area contributed by atoms with Crippen LogP contribution in [-0.4, -0.2) is 30.1 Å². The van der Waals surface area contributed by atoms with Gasteiger partial charge in [-0.25, -0.2) is 13.6 Å². The van der Waals surface area contributed by atoms with Gasteiger partial charge in [-0.15, -0.1) is 0 Å². The van der Waals surface area contributed by atoms with Crippen LogP contribution < -0.4 is 5.32 Å². The molecule has 2 N–H and O–H groups in total. The number of carbonyl (C=O) groups is 2. The number of halogens is 2. The number of rotatable bonds is 7. The van der Waals surface area contributed by atoms with Gasteiger partial charge in [0.2, 0.25) is 5.91 Å². The number of phenolic OH excluding ortho intramolecular Hbond substituents is 1. The molecule has 7 heteroatoms. The minimum Gasteiger partial charge on any atom is -0.508 e. The maximum Gasteiger partial charge on any atom is 0.328 e. The molecule has 0 spiro atoms. The monoisotopic (exact) mass is 503 g/mol. The van der Waals surface area contributed by atoms with E-state index in [1.807, 2.05) is 48.5 Å². The number of phenols is 1. The van der Waals surface area contributed by atoms with Crippen molar-refractivity contribution < 1.29 is 28.2 Å². The van der Waals surface area contributed by atoms with Crippen LogP contribution in [-0.2, 0) is 27.2 Å². The third-order valence-electron chi connectivity index (χ3n) is 6.30. The summed E-state index contributed by atoms with van der Waals surface area (Å²) in [4.78, 5) is 25.2. The van der Waals surface area contributed by atoms with Crippen molar-refractivity contribution in [3.8, 4) is 5.75 Å². The zero-order valence-electron chi connectivity index (χ0n) is 20.3. The van der Waals surface area contributed by atoms with Crippen molar-refractivity contribution in [2.75, 3.05) is 7.11 Å². The number of hydrogen-bond acceptors (Lipinski definition) is 4. The van der Waals surface area contributed by atoms with Gasteiger partial charge in [0.15, 0.2) is 0 Å². The van der Waals surface area contributed by atoms with E-state index in [1.54, 1.807) is 18.2 Å². The van der Waals surface area contributed by atoms with Crippen LogP contribution in [0.2, 0.25) is 0 Å². The van der Waals surface area contributed by atoms with Crippen molar-refractivity contribution in [1.82, 2.24) is 5.32 Å². The zero-order chi connectivity index (χ0) is 26.4. The molecular formula is C30H27F2NO4. The Balaban J connectivity index is 1.44. The molecule has 0 radical (unpaired) electrons. The van der Waals surface area contributed by atoms with Gasteiger partial charge in [-0.1, -0.05) is 54.6 Å². The summed E-state index contributed by atoms with van der Waals surface area (Å²) in [7, 11) is 1.25. The van der Waals surface area contributed by atoms with Gasteiger partial charge in [-0.05, 0) is 52.6 Å². The number of allylic oxidation sites excluding steroid dienone is 6. The van der Waals surface area contributed by atoms with Gasteiger partial charge in [0.1, 0.15) is 23.4 Å². The van der Waals surface area contributed by atoms with Crippen LogP contribution in [0.1, 0.15) is 29.0 Å². The number of carbonyl (C=O) groups excluding carboxylic acids is 2. The minimum atomic E-state index is -0.927. The molecule has 1 aliphatic rings. The Morgan fingerprint density at radius 2 is 1.76 bits per heavy atom. The quantitative estimate of drug-likeness (QED) is 0.403. The Morgan fingerprint density at radius 1 is 1.05 bits per heavy atom. The van der Waals surface area contributed by atoms with Crippen LogP contribution in [0.5, 0.6) is 5.75 Å². The molecule has 1 unspecified atom stereocenters. The molecule has 0 aromatic heterocycles. The van der Waals surface area contributed by atoms with E-state index in [2.05, 4.69) is 5.32 Å². The van der Waals surface area contributed by atoms with Crippen molar-refractivity contribution >= 4 is 22.6 Å². The van der Waals surface area contributed by atoms with Crippen molar-refractivity contribution in [1.29, 1.82) is 0 Å². The first-order valence-corrected chi connectivity index (χ1v) is 11.9. The second kappa shape index (κ2) is 11.6. The van der Waals surface area contributed by atoms with E-state index in [9.17, 15) is 23.5 Å². The van der Waals surface area contributed by atoms with Gasteiger partial charge in [0.25, 0.3) is 0 Å². The Bertz CT molecular complexity index is 1390. The number of aromatic hydroxyl groups is 1. The van der Waals surface area contributed by atoms with Gasteiger partial charge in [-0.3, -0.25) is 4.79 Å². The molecule has 0 bridgehead atoms. The molecule has 5 nitrogen and oxygen atoms in total. The molecule has 37 heavy (non-hydrogen) atoms. The predicted molar refractivity (Wildman–Crippen MR) is 138 cm³/mol. The average Bonchev–Trinajstić information content (AvgIpc) is 2.88. The lowest BCUT2D eigenvalue weighted by Crippen LogP contribution is -2.43. The molecular weight excluding hydrogens is 476 g/mol. The first kappa shape index (κ1) is 25.8. The number of benzene rings is 3. The summed E-state index contributed by atoms with van der Waals surface area (Å²) in [6.45, 7) is 0. The molecule has 4 rings (SSSR count). The maximum absolute atomic E-state index is 13.6. The molecule has 0 fully saturated rings. The zero-order valence-corrected chi connectivity index (χ0v) is 20.3. The number of hydrogen-bond donors (Lipinski definition) is 2. The van der Waals surface area contributed by atoms with Gasteiger partial charge in [0.05, 0.1) is 13.5 Å². The van der Waals surface area contributed by atoms with E-state index in [4.69, 9.17) is 4.74 Å². The Kier molecular flexibility index (Phi) is 8.13. The number of ether oxygens (including phenoxy) is 1. The van der Waals surface area contributed by atoms with E-state index in [1.165, 1.54) is 19.3 Å². The molecule has 1 amide bonds. The first-order valence-electron chi connectivity index (χ1n) is 11.9. The number of nitrogens with one attached hydrogen (secondary N) is 1. The maximum atomic E-state index is 13.6. The fraction of sp³-hybridized carbons (Fsp3) is 0.200. The molecule has 0 saturated carbocycles. The summed E-state index contributed by atoms with van der Waals surface area (Å²) in [6, 6.07) is 17.2. The van der Waals surface area contributed by atoms with Gasteiger partial charge >= 0.3 is 5.97 Å². The highest BCUT2D eigenvalue weighted by atomic mass is 19.1. The van der Waals surface area contributed by atoms with Crippen molar-refractivity contribution in [3.05, 3.63) is 113 Å². The van der Waals surface area contributed by atoms with E-state index in [0.29, 0.717) is 12.0 Å². The highest BCUT2D eigenvalue weighted by Crippen LogP contribution is 2.27. The molecule has 2 atom stereocenters. The predicted octanol–water partition coefficient (Wildman–Crippen LogP) is 5.74. The Labute approximate surface area is 213 Å². The average molecular weight is 504 g/mol. The van der Waals surface area contributed by atoms with Crippen LogP contribution >= 0.6 is 0 Å². The summed E-state index contributed by atoms with van der Waals surface area (Å²) in [5, 5.41) is 14.8. The fourth-order valence-corrected chi connectivity index (χ4v) is 4.32. The largest absolute Gasteiger partial charge is 0.508 e. The third kappa shape index (κ3) is 6.70. The van der Waals surface area contributed by atoms with Crippen LogP contribution in [0.25, 0.3) is 10.8 Å². The van der Waals surface area contributed by atoms with Gasteiger partial charge < -0.3 is 15.2 Å². The molecule has 0 saturated heterocycles. The van der Waals surface area contributed by atoms with Crippen LogP contribution in [0.3, 0.4) is 0 Å². The summed E-state index contributed by atoms with van der Waals surface area (Å²) < 4.78 is 32.1. The normalized spacial score (nSPS) is 17.6. The molecule has 190 valence electrons. The van der Waals surface area contributed by atoms with Gasteiger partial charge in [0, 0.05) is 24.0 Å². The second-order valence-electron chi connectivity index (χ2n) is 8.91. The van der Waals surface area contributed by atoms with Crippen LogP contribution in [0.15, 0.2) is 96.6 Å². The molecule has 0 heterocycles. The van der Waals surface area contributed by atoms with Crippen molar-refractivity contribution in [2.45, 2.75) is 31.2 Å². The van der Waals surface area contributed by atoms with E-state index >= 15 is 0 Å². The van der Waals surface area contributed by atoms with E-state index in [-0.39, 0.29) is 24.5 Å². The van der Waals surface area contributed by atoms with E-state index in [0.717, 1.165) is 28.0 Å². The van der Waals surface area contributed by atoms with Crippen LogP contribution in [0, 0.1) is 0 Å². The topological polar surface area (TPSA) is 75.6 Å². The Hall–Kier alpha value is -4.26. The lowest BCUT2D eigenvalue weighted by molar-refractivity contribution is -0.145. The molecule has 3 aromatic carbocycles. The highest BCUT2D eigenvalue weighted by Gasteiger charge is 2.23. The molecule has 0 aliphatic heterocycles. The first-order chi connectivity index (χ1) is 17.8. The summed E-state index contributed by atoms with van der Waals surface area (Å²) in [5.74, 6) is -2.48. The number of fused-ring (bicyclic) bond motifs is 1. The summed E-state index contributed by atoms with van der Waals surface area (Å²) >= 11 is 0. The number of methoxy groups -OCH3 is 1. The van der Waals surface area contributed by atoms with E-state index < -0.39 is 29.6 Å². The minimum absolute atomic E-state index is 0.00687. The van der Waals surface area contributed by atoms with Crippen molar-refractivity contribution in [3.63, 3.8) is 0 Å². The Morgan fingerprint density at radius 3 is 2.46 bits per heavy atom. The SMILES string of the molecule is COC(=O)[C@H](Cc1ccc(C2C=C/C(F)=C\C(F)=CC2)cc1)NC(=O)Cc1cc2ccccc2cc1O. The van der Waals surface area contributed by atoms with Crippen LogP contribution in [0.4, 0.5) is 8.78 Å². The lowest BCUT2D eigenvalue weighted by Gasteiger charge is -2.18. The fourth-order valence-electron chi connectivity index (χ4n) is 4.32. The third-order valence-corrected chi connectivity index (χ3v) is 6.30. The lowest BCUT2D eigenvalue weighted by atomic mass is 9.92. The summed E-state index contributed by atoms with van der Waals surface area (Å²) in [6.07, 6.45) is 5.59.